The molecule has 5 nitrogen and oxygen atoms in total. The Morgan fingerprint density at radius 3 is 2.47 bits per heavy atom. The molecule has 0 radical (unpaired) electrons. The van der Waals surface area contributed by atoms with E-state index >= 15 is 0 Å². The van der Waals surface area contributed by atoms with Gasteiger partial charge in [0.25, 0.3) is 0 Å². The Balaban J connectivity index is 2.44. The summed E-state index contributed by atoms with van der Waals surface area (Å²) in [7, 11) is 3.21. The van der Waals surface area contributed by atoms with Gasteiger partial charge in [-0.1, -0.05) is 0 Å². The van der Waals surface area contributed by atoms with Crippen molar-refractivity contribution in [2.75, 3.05) is 14.2 Å². The van der Waals surface area contributed by atoms with E-state index in [0.717, 1.165) is 11.3 Å². The fraction of sp³-hybridized carbons (Fsp3) is 0.286. The van der Waals surface area contributed by atoms with E-state index in [-0.39, 0.29) is 6.04 Å². The third-order valence-electron chi connectivity index (χ3n) is 2.76. The zero-order chi connectivity index (χ0) is 13.8. The van der Waals surface area contributed by atoms with Gasteiger partial charge in [0.05, 0.1) is 26.0 Å². The summed E-state index contributed by atoms with van der Waals surface area (Å²) in [5, 5.41) is 0. The molecule has 19 heavy (non-hydrogen) atoms. The molecule has 2 N–H and O–H groups in total. The van der Waals surface area contributed by atoms with Crippen LogP contribution in [0.25, 0.3) is 11.3 Å². The van der Waals surface area contributed by atoms with E-state index in [1.165, 1.54) is 0 Å². The second kappa shape index (κ2) is 5.67. The van der Waals surface area contributed by atoms with Gasteiger partial charge >= 0.3 is 0 Å². The smallest absolute Gasteiger partial charge is 0.161 e. The quantitative estimate of drug-likeness (QED) is 0.911. The fourth-order valence-corrected chi connectivity index (χ4v) is 1.75. The molecule has 1 aromatic carbocycles. The standard InChI is InChI=1S/C14H17N3O2/c1-9(15)14-16-7-6-11(17-14)10-4-5-12(18-2)13(8-10)19-3/h4-9H,15H2,1-3H3. The molecule has 1 heterocycles. The predicted octanol–water partition coefficient (Wildman–Crippen LogP) is 2.18. The van der Waals surface area contributed by atoms with Crippen molar-refractivity contribution < 1.29 is 9.47 Å². The zero-order valence-corrected chi connectivity index (χ0v) is 11.3. The first-order valence-electron chi connectivity index (χ1n) is 5.96. The number of hydrogen-bond donors (Lipinski definition) is 1. The Labute approximate surface area is 112 Å². The number of methoxy groups -OCH3 is 2. The zero-order valence-electron chi connectivity index (χ0n) is 11.3. The van der Waals surface area contributed by atoms with Gasteiger partial charge in [-0.25, -0.2) is 9.97 Å². The van der Waals surface area contributed by atoms with Crippen LogP contribution in [0, 0.1) is 0 Å². The highest BCUT2D eigenvalue weighted by atomic mass is 16.5. The molecule has 0 saturated heterocycles. The summed E-state index contributed by atoms with van der Waals surface area (Å²) in [5.41, 5.74) is 7.53. The van der Waals surface area contributed by atoms with Crippen molar-refractivity contribution in [3.8, 4) is 22.8 Å². The van der Waals surface area contributed by atoms with Crippen LogP contribution in [-0.4, -0.2) is 24.2 Å². The normalized spacial score (nSPS) is 12.0. The van der Waals surface area contributed by atoms with E-state index in [0.29, 0.717) is 17.3 Å². The number of rotatable bonds is 4. The Kier molecular flexibility index (Phi) is 3.97. The molecular formula is C14H17N3O2. The van der Waals surface area contributed by atoms with Gasteiger partial charge in [0.15, 0.2) is 11.5 Å². The molecule has 0 aliphatic rings. The number of hydrogen-bond acceptors (Lipinski definition) is 5. The van der Waals surface area contributed by atoms with Crippen molar-refractivity contribution >= 4 is 0 Å². The Bertz CT molecular complexity index is 570. The molecule has 100 valence electrons. The summed E-state index contributed by atoms with van der Waals surface area (Å²) >= 11 is 0. The van der Waals surface area contributed by atoms with Gasteiger partial charge in [0.1, 0.15) is 5.82 Å². The maximum atomic E-state index is 5.79. The lowest BCUT2D eigenvalue weighted by molar-refractivity contribution is 0.355. The largest absolute Gasteiger partial charge is 0.493 e. The summed E-state index contributed by atoms with van der Waals surface area (Å²) in [5.74, 6) is 1.97. The second-order valence-electron chi connectivity index (χ2n) is 4.16. The molecule has 1 unspecified atom stereocenters. The van der Waals surface area contributed by atoms with E-state index < -0.39 is 0 Å². The summed E-state index contributed by atoms with van der Waals surface area (Å²) in [6.45, 7) is 1.85. The molecule has 0 amide bonds. The molecule has 0 aliphatic heterocycles. The summed E-state index contributed by atoms with van der Waals surface area (Å²) < 4.78 is 10.5. The fourth-order valence-electron chi connectivity index (χ4n) is 1.75. The number of nitrogens with zero attached hydrogens (tertiary/aromatic N) is 2. The highest BCUT2D eigenvalue weighted by molar-refractivity contribution is 5.63. The van der Waals surface area contributed by atoms with Crippen molar-refractivity contribution in [1.29, 1.82) is 0 Å². The van der Waals surface area contributed by atoms with Crippen LogP contribution in [-0.2, 0) is 0 Å². The minimum atomic E-state index is -0.194. The van der Waals surface area contributed by atoms with Crippen LogP contribution in [0.15, 0.2) is 30.5 Å². The van der Waals surface area contributed by atoms with Crippen LogP contribution >= 0.6 is 0 Å². The molecule has 5 heteroatoms. The van der Waals surface area contributed by atoms with E-state index in [1.54, 1.807) is 20.4 Å². The molecule has 0 fully saturated rings. The van der Waals surface area contributed by atoms with E-state index in [4.69, 9.17) is 15.2 Å². The SMILES string of the molecule is COc1ccc(-c2ccnc(C(C)N)n2)cc1OC. The van der Waals surface area contributed by atoms with Gasteiger partial charge < -0.3 is 15.2 Å². The number of aromatic nitrogens is 2. The molecule has 0 saturated carbocycles. The van der Waals surface area contributed by atoms with Gasteiger partial charge in [-0.05, 0) is 31.2 Å². The average molecular weight is 259 g/mol. The van der Waals surface area contributed by atoms with Gasteiger partial charge in [-0.2, -0.15) is 0 Å². The lowest BCUT2D eigenvalue weighted by atomic mass is 10.1. The summed E-state index contributed by atoms with van der Waals surface area (Å²) in [6, 6.07) is 7.30. The minimum Gasteiger partial charge on any atom is -0.493 e. The summed E-state index contributed by atoms with van der Waals surface area (Å²) in [4.78, 5) is 8.59. The Morgan fingerprint density at radius 2 is 1.84 bits per heavy atom. The first-order valence-corrected chi connectivity index (χ1v) is 5.96. The molecule has 2 aromatic rings. The lowest BCUT2D eigenvalue weighted by Crippen LogP contribution is -2.09. The average Bonchev–Trinajstić information content (AvgIpc) is 2.46. The molecule has 0 spiro atoms. The minimum absolute atomic E-state index is 0.194. The van der Waals surface area contributed by atoms with Crippen molar-refractivity contribution in [2.45, 2.75) is 13.0 Å². The first kappa shape index (κ1) is 13.3. The van der Waals surface area contributed by atoms with E-state index in [2.05, 4.69) is 9.97 Å². The van der Waals surface area contributed by atoms with Gasteiger partial charge in [-0.3, -0.25) is 0 Å². The maximum Gasteiger partial charge on any atom is 0.161 e. The second-order valence-corrected chi connectivity index (χ2v) is 4.16. The first-order chi connectivity index (χ1) is 9.15. The van der Waals surface area contributed by atoms with Gasteiger partial charge in [0, 0.05) is 11.8 Å². The third kappa shape index (κ3) is 2.82. The molecule has 1 aromatic heterocycles. The summed E-state index contributed by atoms with van der Waals surface area (Å²) in [6.07, 6.45) is 1.71. The number of benzene rings is 1. The van der Waals surface area contributed by atoms with Crippen LogP contribution in [0.1, 0.15) is 18.8 Å². The van der Waals surface area contributed by atoms with Crippen LogP contribution in [0.2, 0.25) is 0 Å². The van der Waals surface area contributed by atoms with Crippen LogP contribution < -0.4 is 15.2 Å². The highest BCUT2D eigenvalue weighted by Gasteiger charge is 2.09. The van der Waals surface area contributed by atoms with E-state index in [1.807, 2.05) is 31.2 Å². The highest BCUT2D eigenvalue weighted by Crippen LogP contribution is 2.31. The molecule has 2 rings (SSSR count). The monoisotopic (exact) mass is 259 g/mol. The molecule has 0 aliphatic carbocycles. The van der Waals surface area contributed by atoms with Crippen molar-refractivity contribution in [1.82, 2.24) is 9.97 Å². The van der Waals surface area contributed by atoms with Crippen molar-refractivity contribution in [2.24, 2.45) is 5.73 Å². The lowest BCUT2D eigenvalue weighted by Gasteiger charge is -2.10. The number of nitrogens with two attached hydrogens (primary N) is 1. The number of ether oxygens (including phenoxy) is 2. The van der Waals surface area contributed by atoms with Crippen LogP contribution in [0.4, 0.5) is 0 Å². The molecule has 1 atom stereocenters. The maximum absolute atomic E-state index is 5.79. The van der Waals surface area contributed by atoms with Gasteiger partial charge in [-0.15, -0.1) is 0 Å². The van der Waals surface area contributed by atoms with Crippen molar-refractivity contribution in [3.05, 3.63) is 36.3 Å². The topological polar surface area (TPSA) is 70.3 Å². The van der Waals surface area contributed by atoms with Gasteiger partial charge in [0.2, 0.25) is 0 Å². The van der Waals surface area contributed by atoms with E-state index in [9.17, 15) is 0 Å². The Morgan fingerprint density at radius 1 is 1.11 bits per heavy atom. The van der Waals surface area contributed by atoms with Crippen LogP contribution in [0.5, 0.6) is 11.5 Å². The van der Waals surface area contributed by atoms with Crippen molar-refractivity contribution in [3.63, 3.8) is 0 Å². The molecular weight excluding hydrogens is 242 g/mol. The molecule has 0 bridgehead atoms. The third-order valence-corrected chi connectivity index (χ3v) is 2.76. The van der Waals surface area contributed by atoms with Crippen LogP contribution in [0.3, 0.4) is 0 Å². The predicted molar refractivity (Wildman–Crippen MR) is 73.2 cm³/mol. The Hall–Kier alpha value is -2.14.